The van der Waals surface area contributed by atoms with Crippen LogP contribution in [0, 0.1) is 0 Å². The Bertz CT molecular complexity index is 674. The first-order valence-electron chi connectivity index (χ1n) is 5.48. The number of halogens is 4. The van der Waals surface area contributed by atoms with E-state index in [1.165, 1.54) is 24.3 Å². The number of alkyl halides is 3. The number of aromatic carboxylic acids is 1. The minimum Gasteiger partial charge on any atom is -0.476 e. The Labute approximate surface area is 124 Å². The largest absolute Gasteiger partial charge is 0.476 e. The molecule has 0 amide bonds. The third-order valence-corrected chi connectivity index (χ3v) is 3.12. The summed E-state index contributed by atoms with van der Waals surface area (Å²) in [5, 5.41) is 18.3. The standard InChI is InChI=1S/C12H7BrF3N3O2/c13-8-2-1-6(5-7(8)12(14,15)16)17-10-4-3-9(11(20)21)18-19-10/h1-5H,(H,17,19)(H,20,21). The molecule has 0 aliphatic heterocycles. The van der Waals surface area contributed by atoms with Gasteiger partial charge in [0.05, 0.1) is 5.56 Å². The number of hydrogen-bond acceptors (Lipinski definition) is 4. The van der Waals surface area contributed by atoms with E-state index in [0.717, 1.165) is 6.07 Å². The molecule has 9 heteroatoms. The van der Waals surface area contributed by atoms with Gasteiger partial charge in [-0.3, -0.25) is 0 Å². The van der Waals surface area contributed by atoms with Crippen molar-refractivity contribution in [3.63, 3.8) is 0 Å². The van der Waals surface area contributed by atoms with E-state index in [1.54, 1.807) is 0 Å². The van der Waals surface area contributed by atoms with E-state index >= 15 is 0 Å². The monoisotopic (exact) mass is 361 g/mol. The summed E-state index contributed by atoms with van der Waals surface area (Å²) in [6.45, 7) is 0. The predicted molar refractivity (Wildman–Crippen MR) is 71.4 cm³/mol. The molecule has 2 rings (SSSR count). The van der Waals surface area contributed by atoms with Crippen LogP contribution in [0.25, 0.3) is 0 Å². The van der Waals surface area contributed by atoms with Crippen LogP contribution < -0.4 is 5.32 Å². The number of nitrogens with one attached hydrogen (secondary N) is 1. The number of anilines is 2. The molecule has 0 unspecified atom stereocenters. The van der Waals surface area contributed by atoms with E-state index in [1.807, 2.05) is 0 Å². The predicted octanol–water partition coefficient (Wildman–Crippen LogP) is 3.70. The molecule has 0 spiro atoms. The van der Waals surface area contributed by atoms with Crippen molar-refractivity contribution in [1.29, 1.82) is 0 Å². The highest BCUT2D eigenvalue weighted by molar-refractivity contribution is 9.10. The third kappa shape index (κ3) is 3.69. The topological polar surface area (TPSA) is 75.1 Å². The van der Waals surface area contributed by atoms with Gasteiger partial charge in [-0.2, -0.15) is 13.2 Å². The Morgan fingerprint density at radius 3 is 2.43 bits per heavy atom. The molecule has 0 radical (unpaired) electrons. The smallest absolute Gasteiger partial charge is 0.417 e. The zero-order chi connectivity index (χ0) is 15.6. The first-order chi connectivity index (χ1) is 9.77. The van der Waals surface area contributed by atoms with Gasteiger partial charge in [0.1, 0.15) is 0 Å². The molecule has 0 aliphatic carbocycles. The van der Waals surface area contributed by atoms with Crippen LogP contribution in [0.2, 0.25) is 0 Å². The molecule has 0 saturated carbocycles. The van der Waals surface area contributed by atoms with Crippen molar-refractivity contribution in [3.05, 3.63) is 46.1 Å². The molecule has 1 heterocycles. The maximum absolute atomic E-state index is 12.8. The van der Waals surface area contributed by atoms with Gasteiger partial charge in [-0.1, -0.05) is 15.9 Å². The minimum atomic E-state index is -4.49. The lowest BCUT2D eigenvalue weighted by atomic mass is 10.2. The molecule has 0 aliphatic rings. The number of carbonyl (C=O) groups is 1. The second-order valence-corrected chi connectivity index (χ2v) is 4.78. The first kappa shape index (κ1) is 15.2. The average molecular weight is 362 g/mol. The van der Waals surface area contributed by atoms with Crippen molar-refractivity contribution >= 4 is 33.4 Å². The van der Waals surface area contributed by atoms with Gasteiger partial charge in [-0.15, -0.1) is 10.2 Å². The van der Waals surface area contributed by atoms with Crippen molar-refractivity contribution < 1.29 is 23.1 Å². The fourth-order valence-corrected chi connectivity index (χ4v) is 1.95. The SMILES string of the molecule is O=C(O)c1ccc(Nc2ccc(Br)c(C(F)(F)F)c2)nn1. The highest BCUT2D eigenvalue weighted by atomic mass is 79.9. The molecular formula is C12H7BrF3N3O2. The highest BCUT2D eigenvalue weighted by Crippen LogP contribution is 2.36. The summed E-state index contributed by atoms with van der Waals surface area (Å²) in [7, 11) is 0. The Kier molecular flexibility index (Phi) is 4.12. The number of benzene rings is 1. The van der Waals surface area contributed by atoms with Gasteiger partial charge < -0.3 is 10.4 Å². The summed E-state index contributed by atoms with van der Waals surface area (Å²) in [4.78, 5) is 10.6. The quantitative estimate of drug-likeness (QED) is 0.871. The van der Waals surface area contributed by atoms with Crippen LogP contribution >= 0.6 is 15.9 Å². The van der Waals surface area contributed by atoms with Gasteiger partial charge in [0.2, 0.25) is 0 Å². The molecule has 21 heavy (non-hydrogen) atoms. The van der Waals surface area contributed by atoms with E-state index in [4.69, 9.17) is 5.11 Å². The fourth-order valence-electron chi connectivity index (χ4n) is 1.48. The molecular weight excluding hydrogens is 355 g/mol. The molecule has 0 bridgehead atoms. The van der Waals surface area contributed by atoms with Crippen LogP contribution in [0.15, 0.2) is 34.8 Å². The van der Waals surface area contributed by atoms with Gasteiger partial charge in [0.25, 0.3) is 0 Å². The van der Waals surface area contributed by atoms with Gasteiger partial charge >= 0.3 is 12.1 Å². The number of nitrogens with zero attached hydrogens (tertiary/aromatic N) is 2. The van der Waals surface area contributed by atoms with Gasteiger partial charge in [-0.05, 0) is 30.3 Å². The lowest BCUT2D eigenvalue weighted by molar-refractivity contribution is -0.138. The molecule has 2 N–H and O–H groups in total. The maximum atomic E-state index is 12.8. The molecule has 1 aromatic heterocycles. The normalized spacial score (nSPS) is 11.2. The molecule has 0 saturated heterocycles. The second-order valence-electron chi connectivity index (χ2n) is 3.93. The fraction of sp³-hybridized carbons (Fsp3) is 0.0833. The summed E-state index contributed by atoms with van der Waals surface area (Å²) in [6, 6.07) is 6.10. The zero-order valence-corrected chi connectivity index (χ0v) is 11.7. The van der Waals surface area contributed by atoms with Crippen LogP contribution in [0.5, 0.6) is 0 Å². The van der Waals surface area contributed by atoms with Crippen molar-refractivity contribution in [2.24, 2.45) is 0 Å². The van der Waals surface area contributed by atoms with Crippen LogP contribution in [0.4, 0.5) is 24.7 Å². The van der Waals surface area contributed by atoms with Crippen molar-refractivity contribution in [2.45, 2.75) is 6.18 Å². The molecule has 2 aromatic rings. The Balaban J connectivity index is 2.26. The van der Waals surface area contributed by atoms with Crippen molar-refractivity contribution in [1.82, 2.24) is 10.2 Å². The lowest BCUT2D eigenvalue weighted by Gasteiger charge is -2.12. The number of aromatic nitrogens is 2. The summed E-state index contributed by atoms with van der Waals surface area (Å²) >= 11 is 2.84. The molecule has 1 aromatic carbocycles. The van der Waals surface area contributed by atoms with E-state index in [2.05, 4.69) is 31.4 Å². The molecule has 5 nitrogen and oxygen atoms in total. The number of rotatable bonds is 3. The summed E-state index contributed by atoms with van der Waals surface area (Å²) < 4.78 is 38.2. The van der Waals surface area contributed by atoms with Gasteiger partial charge in [-0.25, -0.2) is 4.79 Å². The second kappa shape index (κ2) is 5.68. The lowest BCUT2D eigenvalue weighted by Crippen LogP contribution is -2.07. The molecule has 110 valence electrons. The Hall–Kier alpha value is -2.16. The third-order valence-electron chi connectivity index (χ3n) is 2.43. The van der Waals surface area contributed by atoms with E-state index in [9.17, 15) is 18.0 Å². The van der Waals surface area contributed by atoms with Crippen LogP contribution in [0.1, 0.15) is 16.1 Å². The van der Waals surface area contributed by atoms with Gasteiger partial charge in [0, 0.05) is 10.2 Å². The number of carboxylic acid groups (broad SMARTS) is 1. The van der Waals surface area contributed by atoms with E-state index in [0.29, 0.717) is 0 Å². The Morgan fingerprint density at radius 1 is 1.19 bits per heavy atom. The van der Waals surface area contributed by atoms with Crippen LogP contribution in [0.3, 0.4) is 0 Å². The van der Waals surface area contributed by atoms with Crippen molar-refractivity contribution in [3.8, 4) is 0 Å². The van der Waals surface area contributed by atoms with Crippen molar-refractivity contribution in [2.75, 3.05) is 5.32 Å². The summed E-state index contributed by atoms with van der Waals surface area (Å²) in [5.41, 5.74) is -0.933. The average Bonchev–Trinajstić information content (AvgIpc) is 2.40. The molecule has 0 fully saturated rings. The minimum absolute atomic E-state index is 0.0761. The van der Waals surface area contributed by atoms with Crippen LogP contribution in [-0.4, -0.2) is 21.3 Å². The van der Waals surface area contributed by atoms with E-state index in [-0.39, 0.29) is 21.7 Å². The van der Waals surface area contributed by atoms with Gasteiger partial charge in [0.15, 0.2) is 11.5 Å². The van der Waals surface area contributed by atoms with Crippen LogP contribution in [-0.2, 0) is 6.18 Å². The highest BCUT2D eigenvalue weighted by Gasteiger charge is 2.33. The zero-order valence-electron chi connectivity index (χ0n) is 10.1. The summed E-state index contributed by atoms with van der Waals surface area (Å²) in [5.74, 6) is -1.10. The maximum Gasteiger partial charge on any atom is 0.417 e. The first-order valence-corrected chi connectivity index (χ1v) is 6.27. The number of carboxylic acids is 1. The Morgan fingerprint density at radius 2 is 1.90 bits per heavy atom. The number of hydrogen-bond donors (Lipinski definition) is 2. The van der Waals surface area contributed by atoms with E-state index < -0.39 is 17.7 Å². The summed E-state index contributed by atoms with van der Waals surface area (Å²) in [6.07, 6.45) is -4.49. The molecule has 0 atom stereocenters.